The molecule has 0 saturated carbocycles. The molecule has 0 unspecified atom stereocenters. The molecule has 1 rings (SSSR count). The minimum atomic E-state index is -0.107. The summed E-state index contributed by atoms with van der Waals surface area (Å²) in [6.45, 7) is 4.05. The maximum Gasteiger partial charge on any atom is 0.128 e. The van der Waals surface area contributed by atoms with Gasteiger partial charge in [-0.1, -0.05) is 19.9 Å². The highest BCUT2D eigenvalue weighted by atomic mass is 19.1. The topological polar surface area (TPSA) is 12.0 Å². The van der Waals surface area contributed by atoms with E-state index in [2.05, 4.69) is 12.2 Å². The molecule has 0 aliphatic rings. The van der Waals surface area contributed by atoms with Gasteiger partial charge in [0.05, 0.1) is 0 Å². The van der Waals surface area contributed by atoms with E-state index in [1.54, 1.807) is 6.07 Å². The second-order valence-electron chi connectivity index (χ2n) is 3.02. The Labute approximate surface area is 79.0 Å². The summed E-state index contributed by atoms with van der Waals surface area (Å²) >= 11 is 0. The molecule has 0 atom stereocenters. The molecule has 0 bridgehead atoms. The van der Waals surface area contributed by atoms with E-state index in [1.807, 2.05) is 20.0 Å². The lowest BCUT2D eigenvalue weighted by Crippen LogP contribution is -2.01. The Kier molecular flexibility index (Phi) is 3.29. The smallest absolute Gasteiger partial charge is 0.128 e. The third kappa shape index (κ3) is 1.82. The first kappa shape index (κ1) is 10.0. The third-order valence-electron chi connectivity index (χ3n) is 2.33. The summed E-state index contributed by atoms with van der Waals surface area (Å²) in [5.74, 6) is -0.107. The minimum absolute atomic E-state index is 0.107. The van der Waals surface area contributed by atoms with Crippen LogP contribution in [-0.4, -0.2) is 7.05 Å². The molecule has 0 fully saturated rings. The van der Waals surface area contributed by atoms with E-state index in [0.717, 1.165) is 24.1 Å². The largest absolute Gasteiger partial charge is 0.388 e. The van der Waals surface area contributed by atoms with E-state index in [0.29, 0.717) is 0 Å². The number of hydrogen-bond donors (Lipinski definition) is 1. The van der Waals surface area contributed by atoms with Gasteiger partial charge in [-0.15, -0.1) is 0 Å². The number of benzene rings is 1. The lowest BCUT2D eigenvalue weighted by Gasteiger charge is -2.12. The number of rotatable bonds is 3. The molecule has 0 aliphatic heterocycles. The summed E-state index contributed by atoms with van der Waals surface area (Å²) < 4.78 is 13.3. The van der Waals surface area contributed by atoms with Gasteiger partial charge < -0.3 is 5.32 Å². The molecular weight excluding hydrogens is 165 g/mol. The molecule has 0 aliphatic carbocycles. The van der Waals surface area contributed by atoms with Crippen molar-refractivity contribution in [3.8, 4) is 0 Å². The summed E-state index contributed by atoms with van der Waals surface area (Å²) in [6.07, 6.45) is 1.67. The Morgan fingerprint density at radius 2 is 1.92 bits per heavy atom. The van der Waals surface area contributed by atoms with Crippen LogP contribution in [-0.2, 0) is 12.8 Å². The van der Waals surface area contributed by atoms with Gasteiger partial charge in [0, 0.05) is 18.3 Å². The minimum Gasteiger partial charge on any atom is -0.388 e. The van der Waals surface area contributed by atoms with Crippen molar-refractivity contribution in [2.75, 3.05) is 12.4 Å². The van der Waals surface area contributed by atoms with E-state index < -0.39 is 0 Å². The molecule has 0 amide bonds. The molecule has 0 spiro atoms. The monoisotopic (exact) mass is 181 g/mol. The molecule has 1 N–H and O–H groups in total. The van der Waals surface area contributed by atoms with Gasteiger partial charge in [0.1, 0.15) is 5.82 Å². The van der Waals surface area contributed by atoms with Gasteiger partial charge >= 0.3 is 0 Å². The average Bonchev–Trinajstić information content (AvgIpc) is 2.17. The predicted octanol–water partition coefficient (Wildman–Crippen LogP) is 2.99. The maximum absolute atomic E-state index is 13.3. The van der Waals surface area contributed by atoms with Crippen molar-refractivity contribution in [1.29, 1.82) is 0 Å². The van der Waals surface area contributed by atoms with Crippen molar-refractivity contribution in [3.05, 3.63) is 29.1 Å². The van der Waals surface area contributed by atoms with Crippen molar-refractivity contribution in [1.82, 2.24) is 0 Å². The Hall–Kier alpha value is -1.05. The molecule has 13 heavy (non-hydrogen) atoms. The Morgan fingerprint density at radius 1 is 1.23 bits per heavy atom. The second-order valence-corrected chi connectivity index (χ2v) is 3.02. The van der Waals surface area contributed by atoms with Crippen LogP contribution in [0.15, 0.2) is 12.1 Å². The Balaban J connectivity index is 3.27. The van der Waals surface area contributed by atoms with Gasteiger partial charge in [-0.3, -0.25) is 0 Å². The van der Waals surface area contributed by atoms with Crippen molar-refractivity contribution in [2.24, 2.45) is 0 Å². The molecule has 0 radical (unpaired) electrons. The number of aryl methyl sites for hydroxylation is 1. The maximum atomic E-state index is 13.3. The summed E-state index contributed by atoms with van der Waals surface area (Å²) in [4.78, 5) is 0. The van der Waals surface area contributed by atoms with Crippen LogP contribution in [0.3, 0.4) is 0 Å². The SMILES string of the molecule is CCc1ccc(F)c(CC)c1NC. The zero-order valence-corrected chi connectivity index (χ0v) is 8.45. The van der Waals surface area contributed by atoms with E-state index >= 15 is 0 Å². The first-order valence-corrected chi connectivity index (χ1v) is 4.72. The quantitative estimate of drug-likeness (QED) is 0.755. The molecule has 2 heteroatoms. The van der Waals surface area contributed by atoms with E-state index in [1.165, 1.54) is 5.56 Å². The molecule has 0 heterocycles. The number of nitrogens with one attached hydrogen (secondary N) is 1. The fourth-order valence-corrected chi connectivity index (χ4v) is 1.62. The fourth-order valence-electron chi connectivity index (χ4n) is 1.62. The van der Waals surface area contributed by atoms with Crippen LogP contribution in [0.2, 0.25) is 0 Å². The average molecular weight is 181 g/mol. The summed E-state index contributed by atoms with van der Waals surface area (Å²) in [6, 6.07) is 3.40. The number of anilines is 1. The lowest BCUT2D eigenvalue weighted by molar-refractivity contribution is 0.612. The van der Waals surface area contributed by atoms with Crippen molar-refractivity contribution < 1.29 is 4.39 Å². The van der Waals surface area contributed by atoms with Crippen molar-refractivity contribution in [3.63, 3.8) is 0 Å². The van der Waals surface area contributed by atoms with Gasteiger partial charge in [-0.05, 0) is 24.5 Å². The normalized spacial score (nSPS) is 10.2. The predicted molar refractivity (Wildman–Crippen MR) is 54.7 cm³/mol. The van der Waals surface area contributed by atoms with E-state index in [9.17, 15) is 4.39 Å². The van der Waals surface area contributed by atoms with E-state index in [4.69, 9.17) is 0 Å². The standard InChI is InChI=1S/C11H16FN/c1-4-8-6-7-10(12)9(5-2)11(8)13-3/h6-7,13H,4-5H2,1-3H3. The summed E-state index contributed by atoms with van der Waals surface area (Å²) in [5, 5.41) is 3.07. The van der Waals surface area contributed by atoms with Gasteiger partial charge in [0.15, 0.2) is 0 Å². The van der Waals surface area contributed by atoms with Crippen LogP contribution in [0.4, 0.5) is 10.1 Å². The zero-order valence-electron chi connectivity index (χ0n) is 8.45. The highest BCUT2D eigenvalue weighted by Gasteiger charge is 2.08. The van der Waals surface area contributed by atoms with Crippen LogP contribution in [0.5, 0.6) is 0 Å². The summed E-state index contributed by atoms with van der Waals surface area (Å²) in [7, 11) is 1.84. The molecular formula is C11H16FN. The van der Waals surface area contributed by atoms with Crippen LogP contribution in [0, 0.1) is 5.82 Å². The van der Waals surface area contributed by atoms with Crippen LogP contribution < -0.4 is 5.32 Å². The number of halogens is 1. The summed E-state index contributed by atoms with van der Waals surface area (Å²) in [5.41, 5.74) is 2.94. The first-order valence-electron chi connectivity index (χ1n) is 4.72. The molecule has 1 nitrogen and oxygen atoms in total. The van der Waals surface area contributed by atoms with Gasteiger partial charge in [-0.25, -0.2) is 4.39 Å². The van der Waals surface area contributed by atoms with Crippen LogP contribution in [0.25, 0.3) is 0 Å². The molecule has 1 aromatic rings. The van der Waals surface area contributed by atoms with Crippen LogP contribution >= 0.6 is 0 Å². The fraction of sp³-hybridized carbons (Fsp3) is 0.455. The molecule has 0 saturated heterocycles. The van der Waals surface area contributed by atoms with E-state index in [-0.39, 0.29) is 5.82 Å². The van der Waals surface area contributed by atoms with Crippen molar-refractivity contribution >= 4 is 5.69 Å². The third-order valence-corrected chi connectivity index (χ3v) is 2.33. The second kappa shape index (κ2) is 4.26. The lowest BCUT2D eigenvalue weighted by atomic mass is 10.0. The zero-order chi connectivity index (χ0) is 9.84. The van der Waals surface area contributed by atoms with Gasteiger partial charge in [0.2, 0.25) is 0 Å². The van der Waals surface area contributed by atoms with Crippen LogP contribution in [0.1, 0.15) is 25.0 Å². The first-order chi connectivity index (χ1) is 6.24. The Morgan fingerprint density at radius 3 is 2.38 bits per heavy atom. The highest BCUT2D eigenvalue weighted by Crippen LogP contribution is 2.24. The van der Waals surface area contributed by atoms with Gasteiger partial charge in [0.25, 0.3) is 0 Å². The molecule has 0 aromatic heterocycles. The van der Waals surface area contributed by atoms with Crippen molar-refractivity contribution in [2.45, 2.75) is 26.7 Å². The van der Waals surface area contributed by atoms with Gasteiger partial charge in [-0.2, -0.15) is 0 Å². The Bertz CT molecular complexity index is 294. The number of hydrogen-bond acceptors (Lipinski definition) is 1. The molecule has 72 valence electrons. The molecule has 1 aromatic carbocycles. The highest BCUT2D eigenvalue weighted by molar-refractivity contribution is 5.57.